The quantitative estimate of drug-likeness (QED) is 0.857. The van der Waals surface area contributed by atoms with Crippen molar-refractivity contribution in [1.29, 1.82) is 0 Å². The fraction of sp³-hybridized carbons (Fsp3) is 0.333. The maximum atomic E-state index is 13.5. The van der Waals surface area contributed by atoms with E-state index in [0.717, 1.165) is 18.4 Å². The maximum absolute atomic E-state index is 13.5. The Balaban J connectivity index is 1.51. The molecule has 7 heteroatoms. The number of ether oxygens (including phenoxy) is 2. The van der Waals surface area contributed by atoms with E-state index in [1.54, 1.807) is 18.2 Å². The summed E-state index contributed by atoms with van der Waals surface area (Å²) in [7, 11) is 0. The highest BCUT2D eigenvalue weighted by Crippen LogP contribution is 2.38. The average Bonchev–Trinajstić information content (AvgIpc) is 3.28. The number of benzene rings is 2. The van der Waals surface area contributed by atoms with Gasteiger partial charge < -0.3 is 19.7 Å². The van der Waals surface area contributed by atoms with Crippen molar-refractivity contribution in [2.45, 2.75) is 26.2 Å². The summed E-state index contributed by atoms with van der Waals surface area (Å²) in [4.78, 5) is 26.6. The first kappa shape index (κ1) is 18.3. The maximum Gasteiger partial charge on any atom is 0.231 e. The molecular weight excluding hydrogens is 363 g/mol. The topological polar surface area (TPSA) is 67.9 Å². The number of carbonyl (C=O) groups is 2. The van der Waals surface area contributed by atoms with E-state index in [1.807, 2.05) is 6.07 Å². The fourth-order valence-electron chi connectivity index (χ4n) is 3.59. The number of fused-ring (bicyclic) bond motifs is 1. The Hall–Kier alpha value is -3.09. The number of aryl methyl sites for hydroxylation is 1. The molecule has 146 valence electrons. The zero-order valence-corrected chi connectivity index (χ0v) is 15.5. The predicted octanol–water partition coefficient (Wildman–Crippen LogP) is 3.50. The zero-order valence-electron chi connectivity index (χ0n) is 15.5. The molecule has 0 spiro atoms. The third-order valence-electron chi connectivity index (χ3n) is 4.99. The van der Waals surface area contributed by atoms with Crippen molar-refractivity contribution < 1.29 is 23.5 Å². The van der Waals surface area contributed by atoms with Gasteiger partial charge in [0.15, 0.2) is 11.5 Å². The van der Waals surface area contributed by atoms with Crippen LogP contribution in [0.25, 0.3) is 0 Å². The van der Waals surface area contributed by atoms with Crippen LogP contribution in [0.1, 0.15) is 25.3 Å². The second-order valence-electron chi connectivity index (χ2n) is 6.99. The van der Waals surface area contributed by atoms with E-state index in [0.29, 0.717) is 22.9 Å². The van der Waals surface area contributed by atoms with E-state index >= 15 is 0 Å². The molecule has 1 unspecified atom stereocenters. The van der Waals surface area contributed by atoms with Gasteiger partial charge in [0.1, 0.15) is 5.82 Å². The molecule has 2 heterocycles. The van der Waals surface area contributed by atoms with Crippen LogP contribution >= 0.6 is 0 Å². The van der Waals surface area contributed by atoms with Crippen LogP contribution in [-0.2, 0) is 16.0 Å². The molecule has 2 amide bonds. The van der Waals surface area contributed by atoms with Gasteiger partial charge in [-0.05, 0) is 36.2 Å². The van der Waals surface area contributed by atoms with Gasteiger partial charge in [-0.2, -0.15) is 0 Å². The zero-order chi connectivity index (χ0) is 19.7. The van der Waals surface area contributed by atoms with Gasteiger partial charge >= 0.3 is 0 Å². The van der Waals surface area contributed by atoms with Crippen LogP contribution in [0.2, 0.25) is 0 Å². The molecular formula is C21H21FN2O4. The Morgan fingerprint density at radius 2 is 2.04 bits per heavy atom. The van der Waals surface area contributed by atoms with Gasteiger partial charge in [-0.3, -0.25) is 9.59 Å². The second-order valence-corrected chi connectivity index (χ2v) is 6.99. The largest absolute Gasteiger partial charge is 0.454 e. The molecule has 0 radical (unpaired) electrons. The lowest BCUT2D eigenvalue weighted by Crippen LogP contribution is -2.28. The van der Waals surface area contributed by atoms with Gasteiger partial charge in [-0.15, -0.1) is 0 Å². The van der Waals surface area contributed by atoms with Crippen LogP contribution in [0, 0.1) is 11.7 Å². The third kappa shape index (κ3) is 3.52. The Morgan fingerprint density at radius 1 is 1.25 bits per heavy atom. The average molecular weight is 384 g/mol. The number of amides is 2. The van der Waals surface area contributed by atoms with Gasteiger partial charge in [0, 0.05) is 30.4 Å². The number of nitrogens with one attached hydrogen (secondary N) is 1. The van der Waals surface area contributed by atoms with E-state index in [1.165, 1.54) is 17.0 Å². The van der Waals surface area contributed by atoms with E-state index in [-0.39, 0.29) is 31.6 Å². The van der Waals surface area contributed by atoms with E-state index in [4.69, 9.17) is 9.47 Å². The number of nitrogens with zero attached hydrogens (tertiary/aromatic N) is 1. The van der Waals surface area contributed by atoms with Gasteiger partial charge in [0.25, 0.3) is 0 Å². The summed E-state index contributed by atoms with van der Waals surface area (Å²) < 4.78 is 24.3. The molecule has 1 fully saturated rings. The molecule has 28 heavy (non-hydrogen) atoms. The predicted molar refractivity (Wildman–Crippen MR) is 102 cm³/mol. The van der Waals surface area contributed by atoms with E-state index < -0.39 is 11.7 Å². The molecule has 2 aromatic carbocycles. The van der Waals surface area contributed by atoms with Crippen molar-refractivity contribution in [3.8, 4) is 11.5 Å². The highest BCUT2D eigenvalue weighted by atomic mass is 19.1. The highest BCUT2D eigenvalue weighted by Gasteiger charge is 2.35. The first-order valence-electron chi connectivity index (χ1n) is 9.34. The fourth-order valence-corrected chi connectivity index (χ4v) is 3.59. The molecule has 2 aromatic rings. The minimum atomic E-state index is -0.504. The van der Waals surface area contributed by atoms with Crippen molar-refractivity contribution in [1.82, 2.24) is 0 Å². The molecule has 2 aliphatic rings. The first-order chi connectivity index (χ1) is 13.5. The summed E-state index contributed by atoms with van der Waals surface area (Å²) in [6.07, 6.45) is 1.79. The summed E-state index contributed by atoms with van der Waals surface area (Å²) in [5, 5.41) is 2.94. The third-order valence-corrected chi connectivity index (χ3v) is 4.99. The van der Waals surface area contributed by atoms with Gasteiger partial charge in [-0.25, -0.2) is 4.39 Å². The molecule has 0 aliphatic carbocycles. The van der Waals surface area contributed by atoms with Crippen LogP contribution in [0.4, 0.5) is 15.8 Å². The van der Waals surface area contributed by atoms with Crippen molar-refractivity contribution in [3.63, 3.8) is 0 Å². The van der Waals surface area contributed by atoms with E-state index in [9.17, 15) is 14.0 Å². The summed E-state index contributed by atoms with van der Waals surface area (Å²) in [6.45, 7) is 2.45. The SMILES string of the molecule is CCCc1cc2c(cc1NC(=O)C1CC(=O)N(c3cccc(F)c3)C1)OCO2. The number of hydrogen-bond acceptors (Lipinski definition) is 4. The second kappa shape index (κ2) is 7.50. The normalized spacial score (nSPS) is 17.9. The minimum Gasteiger partial charge on any atom is -0.454 e. The Labute approximate surface area is 162 Å². The smallest absolute Gasteiger partial charge is 0.231 e. The monoisotopic (exact) mass is 384 g/mol. The molecule has 4 rings (SSSR count). The molecule has 0 bridgehead atoms. The lowest BCUT2D eigenvalue weighted by molar-refractivity contribution is -0.122. The summed E-state index contributed by atoms with van der Waals surface area (Å²) >= 11 is 0. The van der Waals surface area contributed by atoms with E-state index in [2.05, 4.69) is 12.2 Å². The lowest BCUT2D eigenvalue weighted by atomic mass is 10.0. The van der Waals surface area contributed by atoms with Crippen LogP contribution in [0.15, 0.2) is 36.4 Å². The van der Waals surface area contributed by atoms with Crippen molar-refractivity contribution in [3.05, 3.63) is 47.8 Å². The minimum absolute atomic E-state index is 0.0933. The highest BCUT2D eigenvalue weighted by molar-refractivity contribution is 6.03. The molecule has 0 aromatic heterocycles. The Kier molecular flexibility index (Phi) is 4.90. The van der Waals surface area contributed by atoms with Crippen molar-refractivity contribution >= 4 is 23.2 Å². The molecule has 6 nitrogen and oxygen atoms in total. The number of hydrogen-bond donors (Lipinski definition) is 1. The van der Waals surface area contributed by atoms with Crippen LogP contribution in [-0.4, -0.2) is 25.2 Å². The standard InChI is InChI=1S/C21H21FN2O4/c1-2-4-13-7-18-19(28-12-27-18)10-17(13)23-21(26)14-8-20(25)24(11-14)16-6-3-5-15(22)9-16/h3,5-7,9-10,14H,2,4,8,11-12H2,1H3,(H,23,26). The number of carbonyl (C=O) groups excluding carboxylic acids is 2. The lowest BCUT2D eigenvalue weighted by Gasteiger charge is -2.17. The summed E-state index contributed by atoms with van der Waals surface area (Å²) in [5.41, 5.74) is 2.11. The summed E-state index contributed by atoms with van der Waals surface area (Å²) in [6, 6.07) is 9.50. The molecule has 1 N–H and O–H groups in total. The van der Waals surface area contributed by atoms with Crippen molar-refractivity contribution in [2.24, 2.45) is 5.92 Å². The Morgan fingerprint density at radius 3 is 2.79 bits per heavy atom. The molecule has 1 saturated heterocycles. The van der Waals surface area contributed by atoms with Gasteiger partial charge in [0.2, 0.25) is 18.6 Å². The van der Waals surface area contributed by atoms with Crippen LogP contribution in [0.3, 0.4) is 0 Å². The first-order valence-corrected chi connectivity index (χ1v) is 9.34. The van der Waals surface area contributed by atoms with Gasteiger partial charge in [0.05, 0.1) is 5.92 Å². The van der Waals surface area contributed by atoms with Crippen LogP contribution < -0.4 is 19.7 Å². The van der Waals surface area contributed by atoms with Crippen LogP contribution in [0.5, 0.6) is 11.5 Å². The summed E-state index contributed by atoms with van der Waals surface area (Å²) in [5.74, 6) is -0.0686. The number of anilines is 2. The molecule has 2 aliphatic heterocycles. The number of rotatable bonds is 5. The number of halogens is 1. The molecule has 0 saturated carbocycles. The van der Waals surface area contributed by atoms with Crippen molar-refractivity contribution in [2.75, 3.05) is 23.6 Å². The Bertz CT molecular complexity index is 931. The molecule has 1 atom stereocenters. The van der Waals surface area contributed by atoms with Gasteiger partial charge in [-0.1, -0.05) is 19.4 Å².